The Kier molecular flexibility index (Phi) is 4.27. The third-order valence-electron chi connectivity index (χ3n) is 3.54. The van der Waals surface area contributed by atoms with Crippen LogP contribution in [0.2, 0.25) is 5.02 Å². The van der Waals surface area contributed by atoms with Gasteiger partial charge in [-0.25, -0.2) is 9.67 Å². The van der Waals surface area contributed by atoms with Crippen LogP contribution in [-0.4, -0.2) is 25.0 Å². The van der Waals surface area contributed by atoms with Crippen molar-refractivity contribution in [2.24, 2.45) is 12.0 Å². The van der Waals surface area contributed by atoms with Crippen molar-refractivity contribution >= 4 is 28.6 Å². The summed E-state index contributed by atoms with van der Waals surface area (Å²) in [6.45, 7) is 0. The molecule has 7 nitrogen and oxygen atoms in total. The maximum absolute atomic E-state index is 9.20. The van der Waals surface area contributed by atoms with E-state index in [0.29, 0.717) is 22.1 Å². The van der Waals surface area contributed by atoms with Crippen LogP contribution >= 0.6 is 22.9 Å². The fraction of sp³-hybridized carbons (Fsp3) is 0.0588. The van der Waals surface area contributed by atoms with Gasteiger partial charge in [0.2, 0.25) is 10.6 Å². The maximum atomic E-state index is 9.20. The van der Waals surface area contributed by atoms with Crippen molar-refractivity contribution in [3.8, 4) is 28.0 Å². The molecule has 4 rings (SSSR count). The Morgan fingerprint density at radius 3 is 2.69 bits per heavy atom. The molecule has 0 saturated carbocycles. The van der Waals surface area contributed by atoms with Crippen LogP contribution in [0.15, 0.2) is 58.0 Å². The minimum atomic E-state index is -0.469. The second-order valence-corrected chi connectivity index (χ2v) is 6.78. The summed E-state index contributed by atoms with van der Waals surface area (Å²) in [6, 6.07) is 14.8. The van der Waals surface area contributed by atoms with Crippen LogP contribution in [0, 0.1) is 0 Å². The number of hydrogen-bond donors (Lipinski definition) is 1. The zero-order valence-electron chi connectivity index (χ0n) is 13.5. The van der Waals surface area contributed by atoms with Gasteiger partial charge in [-0.1, -0.05) is 52.4 Å². The van der Waals surface area contributed by atoms with E-state index in [1.54, 1.807) is 4.68 Å². The minimum Gasteiger partial charge on any atom is -0.464 e. The predicted octanol–water partition coefficient (Wildman–Crippen LogP) is 3.79. The number of halogens is 1. The van der Waals surface area contributed by atoms with E-state index in [1.807, 2.05) is 55.6 Å². The zero-order chi connectivity index (χ0) is 18.1. The molecule has 9 heteroatoms. The summed E-state index contributed by atoms with van der Waals surface area (Å²) in [7, 11) is 1.84. The summed E-state index contributed by atoms with van der Waals surface area (Å²) in [5.74, 6) is 0.301. The van der Waals surface area contributed by atoms with E-state index < -0.39 is 6.08 Å². The van der Waals surface area contributed by atoms with Crippen LogP contribution < -0.4 is 4.80 Å². The van der Waals surface area contributed by atoms with Crippen molar-refractivity contribution in [3.63, 3.8) is 0 Å². The Balaban J connectivity index is 1.72. The molecule has 0 unspecified atom stereocenters. The van der Waals surface area contributed by atoms with Crippen molar-refractivity contribution < 1.29 is 9.63 Å². The smallest absolute Gasteiger partial charge is 0.415 e. The molecule has 2 aromatic heterocycles. The van der Waals surface area contributed by atoms with Gasteiger partial charge in [-0.3, -0.25) is 4.52 Å². The minimum absolute atomic E-state index is 0.301. The maximum Gasteiger partial charge on any atom is 0.415 e. The lowest BCUT2D eigenvalue weighted by molar-refractivity contribution is 0.267. The Hall–Kier alpha value is -2.97. The molecule has 2 aromatic carbocycles. The monoisotopic (exact) mass is 385 g/mol. The summed E-state index contributed by atoms with van der Waals surface area (Å²) in [5.41, 5.74) is 2.39. The number of nitrogens with zero attached hydrogens (tertiary/aromatic N) is 5. The van der Waals surface area contributed by atoms with Crippen LogP contribution in [0.3, 0.4) is 0 Å². The molecule has 1 N–H and O–H groups in total. The fourth-order valence-corrected chi connectivity index (χ4v) is 3.35. The molecule has 0 saturated heterocycles. The molecule has 2 heterocycles. The Morgan fingerprint density at radius 1 is 1.15 bits per heavy atom. The van der Waals surface area contributed by atoms with E-state index in [0.717, 1.165) is 15.4 Å². The van der Waals surface area contributed by atoms with Gasteiger partial charge in [0.05, 0.1) is 5.69 Å². The number of aryl methyl sites for hydroxylation is 1. The molecule has 4 aromatic rings. The van der Waals surface area contributed by atoms with Gasteiger partial charge >= 0.3 is 6.08 Å². The SMILES string of the molecule is Cn1nc(-c2ccc(Cl)cc2)s/c1=N/c1cccc(-c2noc(O)n2)c1. The number of aromatic hydroxyl groups is 1. The standard InChI is InChI=1S/C17H12ClN5O2S/c1-23-16(26-15(21-23)10-5-7-12(18)8-6-10)19-13-4-2-3-11(9-13)14-20-17(24)25-22-14/h2-9H,1H3,(H,20,22,24)/b19-16+. The summed E-state index contributed by atoms with van der Waals surface area (Å²) in [4.78, 5) is 9.19. The third-order valence-corrected chi connectivity index (χ3v) is 4.84. The molecular formula is C17H12ClN5O2S. The third kappa shape index (κ3) is 3.37. The van der Waals surface area contributed by atoms with E-state index >= 15 is 0 Å². The van der Waals surface area contributed by atoms with Gasteiger partial charge in [-0.05, 0) is 24.3 Å². The lowest BCUT2D eigenvalue weighted by atomic mass is 10.2. The van der Waals surface area contributed by atoms with Crippen LogP contribution in [-0.2, 0) is 7.05 Å². The second kappa shape index (κ2) is 6.74. The van der Waals surface area contributed by atoms with Gasteiger partial charge in [-0.2, -0.15) is 10.1 Å². The molecule has 0 aliphatic carbocycles. The first-order valence-corrected chi connectivity index (χ1v) is 8.76. The fourth-order valence-electron chi connectivity index (χ4n) is 2.31. The molecule has 0 radical (unpaired) electrons. The van der Waals surface area contributed by atoms with Gasteiger partial charge in [0.25, 0.3) is 0 Å². The van der Waals surface area contributed by atoms with E-state index in [9.17, 15) is 5.11 Å². The zero-order valence-corrected chi connectivity index (χ0v) is 15.1. The van der Waals surface area contributed by atoms with Gasteiger partial charge in [0.1, 0.15) is 5.01 Å². The van der Waals surface area contributed by atoms with E-state index in [1.165, 1.54) is 11.3 Å². The summed E-state index contributed by atoms with van der Waals surface area (Å²) >= 11 is 7.41. The molecule has 26 heavy (non-hydrogen) atoms. The highest BCUT2D eigenvalue weighted by molar-refractivity contribution is 7.12. The van der Waals surface area contributed by atoms with Crippen molar-refractivity contribution in [3.05, 3.63) is 58.4 Å². The summed E-state index contributed by atoms with van der Waals surface area (Å²) in [5, 5.41) is 19.0. The highest BCUT2D eigenvalue weighted by Gasteiger charge is 2.08. The molecule has 0 aliphatic rings. The van der Waals surface area contributed by atoms with E-state index in [-0.39, 0.29) is 0 Å². The second-order valence-electron chi connectivity index (χ2n) is 5.38. The molecule has 0 fully saturated rings. The first kappa shape index (κ1) is 16.5. The predicted molar refractivity (Wildman–Crippen MR) is 98.2 cm³/mol. The first-order valence-electron chi connectivity index (χ1n) is 7.56. The first-order chi connectivity index (χ1) is 12.6. The lowest BCUT2D eigenvalue weighted by Crippen LogP contribution is -2.10. The Bertz CT molecular complexity index is 1130. The van der Waals surface area contributed by atoms with Crippen molar-refractivity contribution in [1.82, 2.24) is 19.9 Å². The van der Waals surface area contributed by atoms with Crippen molar-refractivity contribution in [2.45, 2.75) is 0 Å². The normalized spacial score (nSPS) is 11.8. The molecule has 0 atom stereocenters. The molecular weight excluding hydrogens is 374 g/mol. The number of benzene rings is 2. The number of aromatic nitrogens is 4. The number of rotatable bonds is 3. The molecule has 0 spiro atoms. The molecule has 0 bridgehead atoms. The highest BCUT2D eigenvalue weighted by atomic mass is 35.5. The van der Waals surface area contributed by atoms with Crippen molar-refractivity contribution in [1.29, 1.82) is 0 Å². The lowest BCUT2D eigenvalue weighted by Gasteiger charge is -1.96. The van der Waals surface area contributed by atoms with E-state index in [4.69, 9.17) is 11.6 Å². The largest absolute Gasteiger partial charge is 0.464 e. The van der Waals surface area contributed by atoms with Crippen molar-refractivity contribution in [2.75, 3.05) is 0 Å². The van der Waals surface area contributed by atoms with Gasteiger partial charge < -0.3 is 5.11 Å². The summed E-state index contributed by atoms with van der Waals surface area (Å²) in [6.07, 6.45) is -0.469. The quantitative estimate of drug-likeness (QED) is 0.579. The van der Waals surface area contributed by atoms with Crippen LogP contribution in [0.5, 0.6) is 6.08 Å². The molecule has 130 valence electrons. The van der Waals surface area contributed by atoms with Gasteiger partial charge in [-0.15, -0.1) is 0 Å². The van der Waals surface area contributed by atoms with Gasteiger partial charge in [0.15, 0.2) is 0 Å². The van der Waals surface area contributed by atoms with Crippen LogP contribution in [0.25, 0.3) is 22.0 Å². The van der Waals surface area contributed by atoms with E-state index in [2.05, 4.69) is 24.8 Å². The molecule has 0 aliphatic heterocycles. The Morgan fingerprint density at radius 2 is 1.96 bits per heavy atom. The topological polar surface area (TPSA) is 89.3 Å². The average molecular weight is 386 g/mol. The summed E-state index contributed by atoms with van der Waals surface area (Å²) < 4.78 is 6.32. The van der Waals surface area contributed by atoms with Gasteiger partial charge in [0, 0.05) is 23.2 Å². The highest BCUT2D eigenvalue weighted by Crippen LogP contribution is 2.24. The molecule has 0 amide bonds. The number of hydrogen-bond acceptors (Lipinski definition) is 7. The van der Waals surface area contributed by atoms with Crippen LogP contribution in [0.1, 0.15) is 0 Å². The Labute approximate surface area is 156 Å². The van der Waals surface area contributed by atoms with Crippen LogP contribution in [0.4, 0.5) is 5.69 Å². The average Bonchev–Trinajstić information content (AvgIpc) is 3.22.